The number of aliphatic carboxylic acids is 1. The molecule has 0 saturated heterocycles. The van der Waals surface area contributed by atoms with Crippen molar-refractivity contribution in [1.82, 2.24) is 10.6 Å². The van der Waals surface area contributed by atoms with E-state index in [-0.39, 0.29) is 12.8 Å². The summed E-state index contributed by atoms with van der Waals surface area (Å²) < 4.78 is 27.8. The van der Waals surface area contributed by atoms with Gasteiger partial charge in [-0.05, 0) is 6.42 Å². The Morgan fingerprint density at radius 3 is 2.39 bits per heavy atom. The summed E-state index contributed by atoms with van der Waals surface area (Å²) in [6.07, 6.45) is -3.12. The van der Waals surface area contributed by atoms with Gasteiger partial charge in [-0.25, -0.2) is 18.4 Å². The molecule has 104 valence electrons. The second-order valence-corrected chi connectivity index (χ2v) is 3.25. The number of carboxylic acids is 1. The van der Waals surface area contributed by atoms with Crippen LogP contribution in [0.3, 0.4) is 0 Å². The molecular formula is C9H14F2N2O5. The Hall–Kier alpha value is -1.93. The van der Waals surface area contributed by atoms with Gasteiger partial charge in [0.05, 0.1) is 13.7 Å². The van der Waals surface area contributed by atoms with E-state index < -0.39 is 37.0 Å². The number of carbonyl (C=O) groups is 3. The number of carbonyl (C=O) groups excluding carboxylic acids is 2. The van der Waals surface area contributed by atoms with E-state index in [1.165, 1.54) is 0 Å². The van der Waals surface area contributed by atoms with E-state index in [4.69, 9.17) is 5.11 Å². The minimum atomic E-state index is -2.73. The Kier molecular flexibility index (Phi) is 7.32. The Morgan fingerprint density at radius 1 is 1.33 bits per heavy atom. The number of amides is 2. The Balaban J connectivity index is 4.15. The molecule has 3 N–H and O–H groups in total. The highest BCUT2D eigenvalue weighted by atomic mass is 19.3. The van der Waals surface area contributed by atoms with Crippen molar-refractivity contribution in [2.24, 2.45) is 0 Å². The number of hydrogen-bond donors (Lipinski definition) is 3. The summed E-state index contributed by atoms with van der Waals surface area (Å²) in [5, 5.41) is 12.5. The predicted octanol–water partition coefficient (Wildman–Crippen LogP) is -0.0429. The van der Waals surface area contributed by atoms with E-state index in [9.17, 15) is 23.2 Å². The van der Waals surface area contributed by atoms with Crippen molar-refractivity contribution in [3.63, 3.8) is 0 Å². The van der Waals surface area contributed by atoms with Crippen molar-refractivity contribution in [1.29, 1.82) is 0 Å². The van der Waals surface area contributed by atoms with Crippen molar-refractivity contribution < 1.29 is 33.0 Å². The lowest BCUT2D eigenvalue weighted by molar-refractivity contribution is -0.142. The first kappa shape index (κ1) is 16.1. The summed E-state index contributed by atoms with van der Waals surface area (Å²) in [5.41, 5.74) is 0. The number of halogens is 2. The lowest BCUT2D eigenvalue weighted by Gasteiger charge is -2.14. The standard InChI is InChI=1S/C9H14F2N2O5/c1-18-7(14)3-2-5(8(15)16)13-9(17)12-4-6(10)11/h5-6H,2-4H2,1H3,(H,15,16)(H2,12,13,17)/t5-/m0/s1. The highest BCUT2D eigenvalue weighted by Crippen LogP contribution is 1.99. The first-order chi connectivity index (χ1) is 8.36. The summed E-state index contributed by atoms with van der Waals surface area (Å²) in [6.45, 7) is -0.880. The normalized spacial score (nSPS) is 11.8. The van der Waals surface area contributed by atoms with E-state index >= 15 is 0 Å². The van der Waals surface area contributed by atoms with Crippen LogP contribution in [-0.2, 0) is 14.3 Å². The second kappa shape index (κ2) is 8.20. The third-order valence-corrected chi connectivity index (χ3v) is 1.89. The number of nitrogens with one attached hydrogen (secondary N) is 2. The van der Waals surface area contributed by atoms with Gasteiger partial charge >= 0.3 is 18.0 Å². The lowest BCUT2D eigenvalue weighted by Crippen LogP contribution is -2.47. The second-order valence-electron chi connectivity index (χ2n) is 3.25. The van der Waals surface area contributed by atoms with E-state index in [0.29, 0.717) is 0 Å². The molecule has 0 aromatic carbocycles. The molecule has 0 radical (unpaired) electrons. The molecule has 0 aromatic heterocycles. The molecule has 0 aliphatic heterocycles. The minimum Gasteiger partial charge on any atom is -0.480 e. The molecule has 0 unspecified atom stereocenters. The Morgan fingerprint density at radius 2 is 1.94 bits per heavy atom. The van der Waals surface area contributed by atoms with Crippen molar-refractivity contribution in [2.45, 2.75) is 25.3 Å². The van der Waals surface area contributed by atoms with Gasteiger partial charge in [-0.1, -0.05) is 0 Å². The first-order valence-electron chi connectivity index (χ1n) is 4.99. The summed E-state index contributed by atoms with van der Waals surface area (Å²) in [6, 6.07) is -2.38. The smallest absolute Gasteiger partial charge is 0.326 e. The Labute approximate surface area is 101 Å². The van der Waals surface area contributed by atoms with Gasteiger partial charge < -0.3 is 20.5 Å². The van der Waals surface area contributed by atoms with Gasteiger partial charge in [0.15, 0.2) is 0 Å². The van der Waals surface area contributed by atoms with Crippen molar-refractivity contribution in [2.75, 3.05) is 13.7 Å². The van der Waals surface area contributed by atoms with Gasteiger partial charge in [-0.3, -0.25) is 4.79 Å². The molecule has 18 heavy (non-hydrogen) atoms. The number of ether oxygens (including phenoxy) is 1. The van der Waals surface area contributed by atoms with E-state index in [2.05, 4.69) is 4.74 Å². The van der Waals surface area contributed by atoms with Crippen LogP contribution < -0.4 is 10.6 Å². The zero-order chi connectivity index (χ0) is 14.1. The molecular weight excluding hydrogens is 254 g/mol. The molecule has 7 nitrogen and oxygen atoms in total. The van der Waals surface area contributed by atoms with Crippen LogP contribution in [0.1, 0.15) is 12.8 Å². The Bertz CT molecular complexity index is 311. The molecule has 1 atom stereocenters. The quantitative estimate of drug-likeness (QED) is 0.562. The van der Waals surface area contributed by atoms with Gasteiger partial charge in [-0.2, -0.15) is 0 Å². The monoisotopic (exact) mass is 268 g/mol. The van der Waals surface area contributed by atoms with Crippen molar-refractivity contribution in [3.8, 4) is 0 Å². The summed E-state index contributed by atoms with van der Waals surface area (Å²) in [7, 11) is 1.14. The third kappa shape index (κ3) is 7.36. The van der Waals surface area contributed by atoms with E-state index in [1.807, 2.05) is 5.32 Å². The lowest BCUT2D eigenvalue weighted by atomic mass is 10.1. The maximum absolute atomic E-state index is 11.8. The average molecular weight is 268 g/mol. The number of urea groups is 1. The average Bonchev–Trinajstić information content (AvgIpc) is 2.30. The summed E-state index contributed by atoms with van der Waals surface area (Å²) >= 11 is 0. The molecule has 9 heteroatoms. The van der Waals surface area contributed by atoms with Gasteiger partial charge in [0, 0.05) is 6.42 Å². The van der Waals surface area contributed by atoms with Crippen LogP contribution in [0.25, 0.3) is 0 Å². The van der Waals surface area contributed by atoms with Crippen molar-refractivity contribution in [3.05, 3.63) is 0 Å². The zero-order valence-corrected chi connectivity index (χ0v) is 9.61. The molecule has 0 bridgehead atoms. The van der Waals surface area contributed by atoms with Gasteiger partial charge in [0.25, 0.3) is 6.43 Å². The molecule has 0 aliphatic rings. The topological polar surface area (TPSA) is 105 Å². The number of hydrogen-bond acceptors (Lipinski definition) is 4. The van der Waals surface area contributed by atoms with Crippen LogP contribution in [0.15, 0.2) is 0 Å². The molecule has 0 aromatic rings. The molecule has 0 heterocycles. The van der Waals surface area contributed by atoms with Crippen LogP contribution in [0, 0.1) is 0 Å². The largest absolute Gasteiger partial charge is 0.480 e. The number of methoxy groups -OCH3 is 1. The highest BCUT2D eigenvalue weighted by Gasteiger charge is 2.21. The van der Waals surface area contributed by atoms with Crippen molar-refractivity contribution >= 4 is 18.0 Å². The van der Waals surface area contributed by atoms with E-state index in [0.717, 1.165) is 7.11 Å². The first-order valence-corrected chi connectivity index (χ1v) is 4.99. The van der Waals surface area contributed by atoms with Crippen LogP contribution in [-0.4, -0.2) is 49.2 Å². The maximum atomic E-state index is 11.8. The van der Waals surface area contributed by atoms with Gasteiger partial charge in [-0.15, -0.1) is 0 Å². The van der Waals surface area contributed by atoms with Gasteiger partial charge in [0.1, 0.15) is 6.04 Å². The number of esters is 1. The molecule has 0 rings (SSSR count). The third-order valence-electron chi connectivity index (χ3n) is 1.89. The minimum absolute atomic E-state index is 0.190. The van der Waals surface area contributed by atoms with Crippen LogP contribution in [0.2, 0.25) is 0 Å². The molecule has 0 fully saturated rings. The van der Waals surface area contributed by atoms with Crippen LogP contribution >= 0.6 is 0 Å². The predicted molar refractivity (Wildman–Crippen MR) is 55.2 cm³/mol. The van der Waals surface area contributed by atoms with Crippen LogP contribution in [0.5, 0.6) is 0 Å². The summed E-state index contributed by atoms with van der Waals surface area (Å²) in [5.74, 6) is -2.00. The molecule has 2 amide bonds. The van der Waals surface area contributed by atoms with E-state index in [1.54, 1.807) is 5.32 Å². The fourth-order valence-corrected chi connectivity index (χ4v) is 1.00. The van der Waals surface area contributed by atoms with Crippen LogP contribution in [0.4, 0.5) is 13.6 Å². The SMILES string of the molecule is COC(=O)CC[C@H](NC(=O)NCC(F)F)C(=O)O. The zero-order valence-electron chi connectivity index (χ0n) is 9.61. The summed E-state index contributed by atoms with van der Waals surface area (Å²) in [4.78, 5) is 32.6. The number of carboxylic acid groups (broad SMARTS) is 1. The molecule has 0 spiro atoms. The molecule has 0 saturated carbocycles. The maximum Gasteiger partial charge on any atom is 0.326 e. The fraction of sp³-hybridized carbons (Fsp3) is 0.667. The molecule has 0 aliphatic carbocycles. The highest BCUT2D eigenvalue weighted by molar-refractivity contribution is 5.83. The fourth-order valence-electron chi connectivity index (χ4n) is 1.00. The number of rotatable bonds is 7. The van der Waals surface area contributed by atoms with Gasteiger partial charge in [0.2, 0.25) is 0 Å². The number of alkyl halides is 2.